The lowest BCUT2D eigenvalue weighted by Gasteiger charge is -2.58. The van der Waals surface area contributed by atoms with Crippen LogP contribution in [0.5, 0.6) is 0 Å². The molecule has 4 rings (SSSR count). The van der Waals surface area contributed by atoms with Gasteiger partial charge in [-0.1, -0.05) is 32.4 Å². The summed E-state index contributed by atoms with van der Waals surface area (Å²) in [5, 5.41) is 11.0. The van der Waals surface area contributed by atoms with Gasteiger partial charge in [-0.15, -0.1) is 0 Å². The van der Waals surface area contributed by atoms with E-state index in [0.717, 1.165) is 43.4 Å². The van der Waals surface area contributed by atoms with Gasteiger partial charge in [0, 0.05) is 19.3 Å². The average molecular weight is 416 g/mol. The fourth-order valence-corrected chi connectivity index (χ4v) is 8.48. The standard InChI is InChI=1S/C26H40O4/c1-16(5-10-24(28)29)21-8-9-22-20-7-6-18-15-19(30-17(2)27)11-13-25(18,3)23(20)12-14-26(21,22)4/h6,16,19-23H,5,7-15H2,1-4H3,(H,28,29)/p-1/t16-,19-,20+,21-,22+,23-,25+,26-/m1/s1. The lowest BCUT2D eigenvalue weighted by Crippen LogP contribution is -2.51. The Bertz CT molecular complexity index is 727. The van der Waals surface area contributed by atoms with Crippen molar-refractivity contribution in [1.29, 1.82) is 0 Å². The van der Waals surface area contributed by atoms with E-state index in [2.05, 4.69) is 26.8 Å². The van der Waals surface area contributed by atoms with Crippen molar-refractivity contribution in [3.63, 3.8) is 0 Å². The molecule has 0 saturated heterocycles. The third-order valence-corrected chi connectivity index (χ3v) is 9.96. The Labute approximate surface area is 181 Å². The molecule has 0 aromatic rings. The minimum absolute atomic E-state index is 0.0627. The zero-order valence-corrected chi connectivity index (χ0v) is 19.2. The molecule has 3 saturated carbocycles. The molecule has 0 N–H and O–H groups in total. The molecule has 0 amide bonds. The molecule has 0 bridgehead atoms. The van der Waals surface area contributed by atoms with Crippen molar-refractivity contribution in [2.45, 2.75) is 98.0 Å². The number of carboxylic acid groups (broad SMARTS) is 1. The van der Waals surface area contributed by atoms with Crippen LogP contribution in [0.15, 0.2) is 11.6 Å². The molecule has 0 radical (unpaired) electrons. The van der Waals surface area contributed by atoms with Crippen LogP contribution in [0, 0.1) is 40.4 Å². The Hall–Kier alpha value is -1.32. The van der Waals surface area contributed by atoms with E-state index in [1.807, 2.05) is 0 Å². The fourth-order valence-electron chi connectivity index (χ4n) is 8.48. The van der Waals surface area contributed by atoms with Crippen LogP contribution in [0.4, 0.5) is 0 Å². The molecule has 0 aromatic carbocycles. The number of fused-ring (bicyclic) bond motifs is 5. The maximum absolute atomic E-state index is 11.4. The lowest BCUT2D eigenvalue weighted by molar-refractivity contribution is -0.306. The molecule has 30 heavy (non-hydrogen) atoms. The molecule has 4 aliphatic rings. The Morgan fingerprint density at radius 2 is 1.93 bits per heavy atom. The highest BCUT2D eigenvalue weighted by Gasteiger charge is 2.59. The van der Waals surface area contributed by atoms with Gasteiger partial charge in [0.15, 0.2) is 0 Å². The van der Waals surface area contributed by atoms with Gasteiger partial charge in [-0.25, -0.2) is 0 Å². The van der Waals surface area contributed by atoms with Crippen LogP contribution in [0.3, 0.4) is 0 Å². The summed E-state index contributed by atoms with van der Waals surface area (Å²) in [5.41, 5.74) is 2.16. The van der Waals surface area contributed by atoms with Crippen molar-refractivity contribution in [2.75, 3.05) is 0 Å². The zero-order chi connectivity index (χ0) is 21.7. The van der Waals surface area contributed by atoms with Crippen molar-refractivity contribution in [1.82, 2.24) is 0 Å². The van der Waals surface area contributed by atoms with Crippen LogP contribution in [-0.2, 0) is 14.3 Å². The van der Waals surface area contributed by atoms with Crippen molar-refractivity contribution in [3.8, 4) is 0 Å². The van der Waals surface area contributed by atoms with Gasteiger partial charge in [0.05, 0.1) is 0 Å². The van der Waals surface area contributed by atoms with Crippen LogP contribution >= 0.6 is 0 Å². The SMILES string of the molecule is CC(=O)O[C@@H]1CC[C@@]2(C)C(=CC[C@@H]3[C@H]2CC[C@]2(C)[C@@H]([C@H](C)CCC(=O)[O-])CC[C@@H]32)C1. The third-order valence-electron chi connectivity index (χ3n) is 9.96. The summed E-state index contributed by atoms with van der Waals surface area (Å²) in [6, 6.07) is 0. The number of ether oxygens (including phenoxy) is 1. The number of hydrogen-bond donors (Lipinski definition) is 0. The average Bonchev–Trinajstić information content (AvgIpc) is 3.03. The first-order chi connectivity index (χ1) is 14.1. The number of carbonyl (C=O) groups excluding carboxylic acids is 2. The van der Waals surface area contributed by atoms with Gasteiger partial charge in [0.25, 0.3) is 0 Å². The maximum atomic E-state index is 11.4. The van der Waals surface area contributed by atoms with Gasteiger partial charge < -0.3 is 14.6 Å². The predicted molar refractivity (Wildman–Crippen MR) is 114 cm³/mol. The van der Waals surface area contributed by atoms with E-state index >= 15 is 0 Å². The molecule has 4 aliphatic carbocycles. The van der Waals surface area contributed by atoms with E-state index in [-0.39, 0.29) is 23.9 Å². The topological polar surface area (TPSA) is 66.4 Å². The summed E-state index contributed by atoms with van der Waals surface area (Å²) in [7, 11) is 0. The second kappa shape index (κ2) is 7.98. The fraction of sp³-hybridized carbons (Fsp3) is 0.846. The van der Waals surface area contributed by atoms with E-state index in [4.69, 9.17) is 4.74 Å². The highest BCUT2D eigenvalue weighted by molar-refractivity contribution is 5.66. The number of carbonyl (C=O) groups is 2. The van der Waals surface area contributed by atoms with E-state index < -0.39 is 5.97 Å². The molecule has 3 fully saturated rings. The minimum Gasteiger partial charge on any atom is -0.550 e. The lowest BCUT2D eigenvalue weighted by atomic mass is 9.47. The molecule has 168 valence electrons. The van der Waals surface area contributed by atoms with Gasteiger partial charge in [-0.2, -0.15) is 0 Å². The quantitative estimate of drug-likeness (QED) is 0.484. The largest absolute Gasteiger partial charge is 0.550 e. The van der Waals surface area contributed by atoms with Gasteiger partial charge in [-0.3, -0.25) is 4.79 Å². The second-order valence-corrected chi connectivity index (χ2v) is 11.3. The van der Waals surface area contributed by atoms with Gasteiger partial charge >= 0.3 is 5.97 Å². The van der Waals surface area contributed by atoms with Crippen molar-refractivity contribution in [3.05, 3.63) is 11.6 Å². The van der Waals surface area contributed by atoms with Crippen LogP contribution < -0.4 is 5.11 Å². The third kappa shape index (κ3) is 3.62. The van der Waals surface area contributed by atoms with E-state index in [9.17, 15) is 14.7 Å². The number of hydrogen-bond acceptors (Lipinski definition) is 4. The molecule has 8 atom stereocenters. The molecule has 4 heteroatoms. The predicted octanol–water partition coefficient (Wildman–Crippen LogP) is 4.66. The first-order valence-corrected chi connectivity index (χ1v) is 12.2. The Kier molecular flexibility index (Phi) is 5.83. The highest BCUT2D eigenvalue weighted by atomic mass is 16.5. The molecule has 0 spiro atoms. The second-order valence-electron chi connectivity index (χ2n) is 11.3. The van der Waals surface area contributed by atoms with Crippen LogP contribution in [0.25, 0.3) is 0 Å². The summed E-state index contributed by atoms with van der Waals surface area (Å²) in [4.78, 5) is 22.4. The monoisotopic (exact) mass is 415 g/mol. The first kappa shape index (κ1) is 21.9. The van der Waals surface area contributed by atoms with Crippen molar-refractivity contribution >= 4 is 11.9 Å². The summed E-state index contributed by atoms with van der Waals surface area (Å²) < 4.78 is 5.56. The van der Waals surface area contributed by atoms with Gasteiger partial charge in [-0.05, 0) is 98.2 Å². The smallest absolute Gasteiger partial charge is 0.302 e. The Balaban J connectivity index is 1.51. The van der Waals surface area contributed by atoms with Gasteiger partial charge in [0.2, 0.25) is 0 Å². The number of aliphatic carboxylic acids is 1. The highest BCUT2D eigenvalue weighted by Crippen LogP contribution is 2.67. The van der Waals surface area contributed by atoms with E-state index in [1.165, 1.54) is 39.0 Å². The van der Waals surface area contributed by atoms with Crippen LogP contribution in [0.1, 0.15) is 91.9 Å². The van der Waals surface area contributed by atoms with Crippen LogP contribution in [0.2, 0.25) is 0 Å². The number of carboxylic acids is 1. The van der Waals surface area contributed by atoms with E-state index in [0.29, 0.717) is 17.3 Å². The first-order valence-electron chi connectivity index (χ1n) is 12.2. The number of esters is 1. The summed E-state index contributed by atoms with van der Waals surface area (Å²) in [5.74, 6) is 2.28. The molecular weight excluding hydrogens is 376 g/mol. The Morgan fingerprint density at radius 3 is 2.63 bits per heavy atom. The molecule has 0 aliphatic heterocycles. The number of allylic oxidation sites excluding steroid dienone is 1. The number of rotatable bonds is 5. The normalized spacial score (nSPS) is 43.6. The summed E-state index contributed by atoms with van der Waals surface area (Å²) in [6.07, 6.45) is 12.8. The molecular formula is C26H39O4-. The Morgan fingerprint density at radius 1 is 1.17 bits per heavy atom. The van der Waals surface area contributed by atoms with Crippen molar-refractivity contribution in [2.24, 2.45) is 40.4 Å². The molecule has 0 aromatic heterocycles. The zero-order valence-electron chi connectivity index (χ0n) is 19.2. The van der Waals surface area contributed by atoms with E-state index in [1.54, 1.807) is 5.57 Å². The molecule has 0 unspecified atom stereocenters. The molecule has 4 nitrogen and oxygen atoms in total. The summed E-state index contributed by atoms with van der Waals surface area (Å²) in [6.45, 7) is 8.78. The molecule has 0 heterocycles. The van der Waals surface area contributed by atoms with Crippen molar-refractivity contribution < 1.29 is 19.4 Å². The maximum Gasteiger partial charge on any atom is 0.302 e. The summed E-state index contributed by atoms with van der Waals surface area (Å²) >= 11 is 0. The van der Waals surface area contributed by atoms with Crippen LogP contribution in [-0.4, -0.2) is 18.0 Å². The van der Waals surface area contributed by atoms with Gasteiger partial charge in [0.1, 0.15) is 6.10 Å². The minimum atomic E-state index is -0.910.